The van der Waals surface area contributed by atoms with Crippen molar-refractivity contribution >= 4 is 5.91 Å². The summed E-state index contributed by atoms with van der Waals surface area (Å²) in [5.41, 5.74) is 0.644. The van der Waals surface area contributed by atoms with Crippen LogP contribution in [0.15, 0.2) is 11.6 Å². The number of carbonyl (C=O) groups is 1. The first-order valence-electron chi connectivity index (χ1n) is 4.24. The maximum Gasteiger partial charge on any atom is 0.274 e. The molecule has 0 heterocycles. The van der Waals surface area contributed by atoms with Crippen LogP contribution in [0.25, 0.3) is 0 Å². The third kappa shape index (κ3) is 4.05. The molecule has 0 aromatic carbocycles. The molecule has 0 saturated heterocycles. The molecule has 0 aliphatic heterocycles. The fourth-order valence-electron chi connectivity index (χ4n) is 0.748. The second-order valence-corrected chi connectivity index (χ2v) is 2.49. The predicted octanol–water partition coefficient (Wildman–Crippen LogP) is 1.34. The molecule has 4 nitrogen and oxygen atoms in total. The van der Waals surface area contributed by atoms with E-state index in [4.69, 9.17) is 9.57 Å². The Bertz CT molecular complexity index is 183. The van der Waals surface area contributed by atoms with Gasteiger partial charge in [0.25, 0.3) is 5.91 Å². The van der Waals surface area contributed by atoms with E-state index in [9.17, 15) is 4.79 Å². The number of rotatable bonds is 5. The standard InChI is InChI=1S/C9H17NO3/c1-5-8(3)9(11)10(7-12-4)13-6-2/h5H,6-7H2,1-4H3. The molecule has 0 aromatic heterocycles. The van der Waals surface area contributed by atoms with Gasteiger partial charge in [0, 0.05) is 12.7 Å². The van der Waals surface area contributed by atoms with Gasteiger partial charge in [-0.05, 0) is 20.8 Å². The average molecular weight is 187 g/mol. The van der Waals surface area contributed by atoms with E-state index in [-0.39, 0.29) is 12.6 Å². The number of hydrogen-bond donors (Lipinski definition) is 0. The SMILES string of the molecule is CC=C(C)C(=O)N(COC)OCC. The fraction of sp³-hybridized carbons (Fsp3) is 0.667. The van der Waals surface area contributed by atoms with Gasteiger partial charge in [0.2, 0.25) is 0 Å². The van der Waals surface area contributed by atoms with Crippen LogP contribution in [0.4, 0.5) is 0 Å². The van der Waals surface area contributed by atoms with Crippen LogP contribution in [-0.4, -0.2) is 31.4 Å². The van der Waals surface area contributed by atoms with Crippen LogP contribution in [0, 0.1) is 0 Å². The molecular weight excluding hydrogens is 170 g/mol. The summed E-state index contributed by atoms with van der Waals surface area (Å²) in [5.74, 6) is -0.161. The molecular formula is C9H17NO3. The summed E-state index contributed by atoms with van der Waals surface area (Å²) in [4.78, 5) is 16.6. The van der Waals surface area contributed by atoms with E-state index in [0.29, 0.717) is 12.2 Å². The van der Waals surface area contributed by atoms with E-state index in [1.165, 1.54) is 12.2 Å². The summed E-state index contributed by atoms with van der Waals surface area (Å²) in [6, 6.07) is 0. The van der Waals surface area contributed by atoms with E-state index in [2.05, 4.69) is 0 Å². The highest BCUT2D eigenvalue weighted by Gasteiger charge is 2.14. The number of allylic oxidation sites excluding steroid dienone is 1. The lowest BCUT2D eigenvalue weighted by Crippen LogP contribution is -2.33. The Hall–Kier alpha value is -0.870. The third-order valence-electron chi connectivity index (χ3n) is 1.53. The van der Waals surface area contributed by atoms with E-state index in [1.807, 2.05) is 13.8 Å². The van der Waals surface area contributed by atoms with Crippen LogP contribution in [0.5, 0.6) is 0 Å². The van der Waals surface area contributed by atoms with Gasteiger partial charge < -0.3 is 4.74 Å². The predicted molar refractivity (Wildman–Crippen MR) is 49.8 cm³/mol. The molecule has 0 unspecified atom stereocenters. The zero-order valence-electron chi connectivity index (χ0n) is 8.66. The van der Waals surface area contributed by atoms with Gasteiger partial charge in [-0.2, -0.15) is 5.06 Å². The molecule has 76 valence electrons. The van der Waals surface area contributed by atoms with Crippen molar-refractivity contribution in [3.05, 3.63) is 11.6 Å². The Morgan fingerprint density at radius 2 is 2.15 bits per heavy atom. The molecule has 0 aromatic rings. The van der Waals surface area contributed by atoms with Gasteiger partial charge in [-0.25, -0.2) is 0 Å². The summed E-state index contributed by atoms with van der Waals surface area (Å²) in [6.07, 6.45) is 1.74. The molecule has 0 bridgehead atoms. The smallest absolute Gasteiger partial charge is 0.274 e. The largest absolute Gasteiger partial charge is 0.362 e. The lowest BCUT2D eigenvalue weighted by atomic mass is 10.3. The maximum atomic E-state index is 11.5. The van der Waals surface area contributed by atoms with Gasteiger partial charge in [0.1, 0.15) is 6.73 Å². The highest BCUT2D eigenvalue weighted by Crippen LogP contribution is 2.01. The Kier molecular flexibility index (Phi) is 6.18. The molecule has 13 heavy (non-hydrogen) atoms. The quantitative estimate of drug-likeness (QED) is 0.370. The Balaban J connectivity index is 4.27. The monoisotopic (exact) mass is 187 g/mol. The Morgan fingerprint density at radius 3 is 2.54 bits per heavy atom. The zero-order chi connectivity index (χ0) is 10.3. The van der Waals surface area contributed by atoms with Crippen LogP contribution in [0.1, 0.15) is 20.8 Å². The molecule has 0 N–H and O–H groups in total. The lowest BCUT2D eigenvalue weighted by Gasteiger charge is -2.19. The fourth-order valence-corrected chi connectivity index (χ4v) is 0.748. The van der Waals surface area contributed by atoms with Crippen molar-refractivity contribution in [3.63, 3.8) is 0 Å². The summed E-state index contributed by atoms with van der Waals surface area (Å²) in [6.45, 7) is 5.97. The van der Waals surface area contributed by atoms with Crippen LogP contribution >= 0.6 is 0 Å². The van der Waals surface area contributed by atoms with Crippen molar-refractivity contribution in [1.82, 2.24) is 5.06 Å². The highest BCUT2D eigenvalue weighted by atomic mass is 16.7. The summed E-state index contributed by atoms with van der Waals surface area (Å²) in [7, 11) is 1.52. The summed E-state index contributed by atoms with van der Waals surface area (Å²) < 4.78 is 4.83. The average Bonchev–Trinajstić information content (AvgIpc) is 2.15. The van der Waals surface area contributed by atoms with Crippen LogP contribution in [0.3, 0.4) is 0 Å². The molecule has 0 aliphatic carbocycles. The molecule has 0 atom stereocenters. The Morgan fingerprint density at radius 1 is 1.54 bits per heavy atom. The molecule has 1 amide bonds. The van der Waals surface area contributed by atoms with E-state index in [0.717, 1.165) is 0 Å². The molecule has 0 saturated carbocycles. The molecule has 0 radical (unpaired) electrons. The molecule has 0 spiro atoms. The van der Waals surface area contributed by atoms with Crippen molar-refractivity contribution in [2.45, 2.75) is 20.8 Å². The number of methoxy groups -OCH3 is 1. The minimum absolute atomic E-state index is 0.151. The van der Waals surface area contributed by atoms with Crippen LogP contribution in [-0.2, 0) is 14.4 Å². The number of hydrogen-bond acceptors (Lipinski definition) is 3. The Labute approximate surface area is 79.1 Å². The summed E-state index contributed by atoms with van der Waals surface area (Å²) >= 11 is 0. The van der Waals surface area contributed by atoms with Gasteiger partial charge in [0.15, 0.2) is 0 Å². The van der Waals surface area contributed by atoms with E-state index >= 15 is 0 Å². The van der Waals surface area contributed by atoms with E-state index < -0.39 is 0 Å². The molecule has 0 fully saturated rings. The van der Waals surface area contributed by atoms with Crippen LogP contribution in [0.2, 0.25) is 0 Å². The minimum atomic E-state index is -0.161. The molecule has 4 heteroatoms. The van der Waals surface area contributed by atoms with Gasteiger partial charge in [-0.15, -0.1) is 0 Å². The third-order valence-corrected chi connectivity index (χ3v) is 1.53. The second kappa shape index (κ2) is 6.62. The number of ether oxygens (including phenoxy) is 1. The van der Waals surface area contributed by atoms with Crippen molar-refractivity contribution in [3.8, 4) is 0 Å². The zero-order valence-corrected chi connectivity index (χ0v) is 8.66. The van der Waals surface area contributed by atoms with E-state index in [1.54, 1.807) is 13.0 Å². The van der Waals surface area contributed by atoms with Gasteiger partial charge >= 0.3 is 0 Å². The normalized spacial score (nSPS) is 11.5. The number of hydroxylamine groups is 2. The topological polar surface area (TPSA) is 38.8 Å². The van der Waals surface area contributed by atoms with Gasteiger partial charge in [-0.3, -0.25) is 9.63 Å². The second-order valence-electron chi connectivity index (χ2n) is 2.49. The first-order chi connectivity index (χ1) is 6.17. The van der Waals surface area contributed by atoms with Crippen molar-refractivity contribution < 1.29 is 14.4 Å². The summed E-state index contributed by atoms with van der Waals surface area (Å²) in [5, 5.41) is 1.20. The van der Waals surface area contributed by atoms with Crippen molar-refractivity contribution in [2.75, 3.05) is 20.4 Å². The van der Waals surface area contributed by atoms with Gasteiger partial charge in [0.05, 0.1) is 6.61 Å². The number of carbonyl (C=O) groups excluding carboxylic acids is 1. The van der Waals surface area contributed by atoms with Crippen LogP contribution < -0.4 is 0 Å². The molecule has 0 aliphatic rings. The van der Waals surface area contributed by atoms with Gasteiger partial charge in [-0.1, -0.05) is 6.08 Å². The maximum absolute atomic E-state index is 11.5. The number of amides is 1. The van der Waals surface area contributed by atoms with Crippen molar-refractivity contribution in [2.24, 2.45) is 0 Å². The number of nitrogens with zero attached hydrogens (tertiary/aromatic N) is 1. The lowest BCUT2D eigenvalue weighted by molar-refractivity contribution is -0.203. The van der Waals surface area contributed by atoms with Crippen molar-refractivity contribution in [1.29, 1.82) is 0 Å². The highest BCUT2D eigenvalue weighted by molar-refractivity contribution is 5.91. The first kappa shape index (κ1) is 12.1. The molecule has 0 rings (SSSR count). The first-order valence-corrected chi connectivity index (χ1v) is 4.24. The minimum Gasteiger partial charge on any atom is -0.362 e.